The van der Waals surface area contributed by atoms with Crippen LogP contribution >= 0.6 is 11.8 Å². The molecule has 0 radical (unpaired) electrons. The van der Waals surface area contributed by atoms with Gasteiger partial charge < -0.3 is 15.0 Å². The van der Waals surface area contributed by atoms with Crippen LogP contribution in [0, 0.1) is 11.6 Å². The fourth-order valence-corrected chi connectivity index (χ4v) is 4.57. The molecule has 0 aliphatic carbocycles. The second kappa shape index (κ2) is 6.29. The van der Waals surface area contributed by atoms with Crippen molar-refractivity contribution in [2.24, 2.45) is 0 Å². The molecule has 2 atom stereocenters. The first-order chi connectivity index (χ1) is 11.8. The van der Waals surface area contributed by atoms with Crippen molar-refractivity contribution in [3.8, 4) is 0 Å². The average Bonchev–Trinajstić information content (AvgIpc) is 3.05. The summed E-state index contributed by atoms with van der Waals surface area (Å²) in [4.78, 5) is 37.2. The summed E-state index contributed by atoms with van der Waals surface area (Å²) in [5.41, 5.74) is -0.820. The van der Waals surface area contributed by atoms with E-state index >= 15 is 0 Å². The number of hydrogen-bond acceptors (Lipinski definition) is 5. The normalized spacial score (nSPS) is 25.0. The number of anilines is 1. The summed E-state index contributed by atoms with van der Waals surface area (Å²) >= 11 is 1.50. The number of hydrogen-bond donors (Lipinski definition) is 1. The number of esters is 1. The molecule has 1 N–H and O–H groups in total. The molecule has 0 aromatic heterocycles. The van der Waals surface area contributed by atoms with E-state index in [1.54, 1.807) is 0 Å². The van der Waals surface area contributed by atoms with Crippen LogP contribution in [0.3, 0.4) is 0 Å². The number of carbonyl (C=O) groups is 3. The SMILES string of the molecule is COC(=O)c1cc(NC(=O)C2CSC3(C)CCC(=O)N23)c(F)cc1F. The molecule has 2 aliphatic rings. The van der Waals surface area contributed by atoms with Crippen LogP contribution < -0.4 is 5.32 Å². The molecule has 2 fully saturated rings. The number of nitrogens with zero attached hydrogens (tertiary/aromatic N) is 1. The predicted octanol–water partition coefficient (Wildman–Crippen LogP) is 2.14. The minimum atomic E-state index is -1.08. The smallest absolute Gasteiger partial charge is 0.340 e. The number of methoxy groups -OCH3 is 1. The molecule has 2 heterocycles. The van der Waals surface area contributed by atoms with Crippen molar-refractivity contribution in [2.45, 2.75) is 30.7 Å². The number of fused-ring (bicyclic) bond motifs is 1. The van der Waals surface area contributed by atoms with Crippen LogP contribution in [-0.2, 0) is 14.3 Å². The molecule has 1 aromatic carbocycles. The van der Waals surface area contributed by atoms with Crippen molar-refractivity contribution in [1.29, 1.82) is 0 Å². The Morgan fingerprint density at radius 1 is 1.36 bits per heavy atom. The van der Waals surface area contributed by atoms with Gasteiger partial charge in [0, 0.05) is 18.2 Å². The molecule has 2 unspecified atom stereocenters. The molecular formula is C16H16F2N2O4S. The fraction of sp³-hybridized carbons (Fsp3) is 0.438. The number of carbonyl (C=O) groups excluding carboxylic acids is 3. The van der Waals surface area contributed by atoms with Crippen LogP contribution in [0.5, 0.6) is 0 Å². The van der Waals surface area contributed by atoms with E-state index < -0.39 is 40.0 Å². The first-order valence-corrected chi connectivity index (χ1v) is 8.60. The van der Waals surface area contributed by atoms with E-state index in [4.69, 9.17) is 0 Å². The highest BCUT2D eigenvalue weighted by molar-refractivity contribution is 8.01. The third-order valence-electron chi connectivity index (χ3n) is 4.47. The summed E-state index contributed by atoms with van der Waals surface area (Å²) in [5, 5.41) is 2.35. The van der Waals surface area contributed by atoms with Crippen LogP contribution in [0.25, 0.3) is 0 Å². The lowest BCUT2D eigenvalue weighted by molar-refractivity contribution is -0.135. The minimum absolute atomic E-state index is 0.123. The van der Waals surface area contributed by atoms with E-state index in [9.17, 15) is 23.2 Å². The Labute approximate surface area is 146 Å². The van der Waals surface area contributed by atoms with Gasteiger partial charge in [0.15, 0.2) is 0 Å². The Bertz CT molecular complexity index is 773. The molecule has 134 valence electrons. The van der Waals surface area contributed by atoms with Gasteiger partial charge in [-0.2, -0.15) is 0 Å². The van der Waals surface area contributed by atoms with Gasteiger partial charge in [0.05, 0.1) is 23.2 Å². The third kappa shape index (κ3) is 2.97. The fourth-order valence-electron chi connectivity index (χ4n) is 3.14. The summed E-state index contributed by atoms with van der Waals surface area (Å²) < 4.78 is 32.1. The van der Waals surface area contributed by atoms with Gasteiger partial charge in [-0.15, -0.1) is 11.8 Å². The van der Waals surface area contributed by atoms with E-state index in [-0.39, 0.29) is 11.6 Å². The van der Waals surface area contributed by atoms with E-state index in [1.807, 2.05) is 6.92 Å². The first-order valence-electron chi connectivity index (χ1n) is 7.61. The largest absolute Gasteiger partial charge is 0.465 e. The molecule has 25 heavy (non-hydrogen) atoms. The number of nitrogens with one attached hydrogen (secondary N) is 1. The van der Waals surface area contributed by atoms with E-state index in [2.05, 4.69) is 10.1 Å². The summed E-state index contributed by atoms with van der Waals surface area (Å²) in [6.45, 7) is 1.89. The number of rotatable bonds is 3. The topological polar surface area (TPSA) is 75.7 Å². The highest BCUT2D eigenvalue weighted by Crippen LogP contribution is 2.47. The maximum atomic E-state index is 14.0. The third-order valence-corrected chi connectivity index (χ3v) is 5.97. The molecule has 2 aliphatic heterocycles. The maximum absolute atomic E-state index is 14.0. The number of thioether (sulfide) groups is 1. The van der Waals surface area contributed by atoms with Gasteiger partial charge in [0.1, 0.15) is 17.7 Å². The Morgan fingerprint density at radius 2 is 2.08 bits per heavy atom. The lowest BCUT2D eigenvalue weighted by Crippen LogP contribution is -2.48. The van der Waals surface area contributed by atoms with Gasteiger partial charge in [-0.3, -0.25) is 9.59 Å². The van der Waals surface area contributed by atoms with Crippen molar-refractivity contribution in [2.75, 3.05) is 18.2 Å². The lowest BCUT2D eigenvalue weighted by atomic mass is 10.1. The lowest BCUT2D eigenvalue weighted by Gasteiger charge is -2.29. The highest BCUT2D eigenvalue weighted by Gasteiger charge is 2.52. The minimum Gasteiger partial charge on any atom is -0.465 e. The van der Waals surface area contributed by atoms with Crippen LogP contribution in [0.4, 0.5) is 14.5 Å². The zero-order valence-corrected chi connectivity index (χ0v) is 14.4. The molecule has 0 saturated carbocycles. The van der Waals surface area contributed by atoms with Crippen molar-refractivity contribution in [1.82, 2.24) is 4.90 Å². The van der Waals surface area contributed by atoms with E-state index in [0.29, 0.717) is 24.7 Å². The average molecular weight is 370 g/mol. The van der Waals surface area contributed by atoms with Gasteiger partial charge in [-0.05, 0) is 19.4 Å². The predicted molar refractivity (Wildman–Crippen MR) is 87.1 cm³/mol. The quantitative estimate of drug-likeness (QED) is 0.825. The molecule has 2 amide bonds. The molecule has 6 nitrogen and oxygen atoms in total. The summed E-state index contributed by atoms with van der Waals surface area (Å²) in [5.74, 6) is -3.39. The summed E-state index contributed by atoms with van der Waals surface area (Å²) in [7, 11) is 1.07. The zero-order valence-electron chi connectivity index (χ0n) is 13.6. The van der Waals surface area contributed by atoms with E-state index in [1.165, 1.54) is 16.7 Å². The molecule has 9 heteroatoms. The molecular weight excluding hydrogens is 354 g/mol. The van der Waals surface area contributed by atoms with Crippen LogP contribution in [0.15, 0.2) is 12.1 Å². The standard InChI is InChI=1S/C16H16F2N2O4S/c1-16-4-3-13(21)20(16)12(7-25-16)14(22)19-11-5-8(15(23)24-2)9(17)6-10(11)18/h5-6,12H,3-4,7H2,1-2H3,(H,19,22). The van der Waals surface area contributed by atoms with Gasteiger partial charge >= 0.3 is 5.97 Å². The number of ether oxygens (including phenoxy) is 1. The number of halogens is 2. The van der Waals surface area contributed by atoms with Gasteiger partial charge in [0.25, 0.3) is 0 Å². The summed E-state index contributed by atoms with van der Waals surface area (Å²) in [6, 6.07) is 0.661. The van der Waals surface area contributed by atoms with Crippen molar-refractivity contribution in [3.05, 3.63) is 29.3 Å². The second-order valence-electron chi connectivity index (χ2n) is 6.06. The second-order valence-corrected chi connectivity index (χ2v) is 7.56. The Kier molecular flexibility index (Phi) is 4.44. The Hall–Kier alpha value is -2.16. The monoisotopic (exact) mass is 370 g/mol. The van der Waals surface area contributed by atoms with Crippen LogP contribution in [-0.4, -0.2) is 46.5 Å². The van der Waals surface area contributed by atoms with Gasteiger partial charge in [-0.1, -0.05) is 0 Å². The Balaban J connectivity index is 1.84. The van der Waals surface area contributed by atoms with Gasteiger partial charge in [0.2, 0.25) is 11.8 Å². The Morgan fingerprint density at radius 3 is 2.76 bits per heavy atom. The number of benzene rings is 1. The molecule has 0 spiro atoms. The summed E-state index contributed by atoms with van der Waals surface area (Å²) in [6.07, 6.45) is 1.02. The van der Waals surface area contributed by atoms with Crippen molar-refractivity contribution >= 4 is 35.2 Å². The van der Waals surface area contributed by atoms with Gasteiger partial charge in [-0.25, -0.2) is 13.6 Å². The molecule has 0 bridgehead atoms. The van der Waals surface area contributed by atoms with Crippen LogP contribution in [0.1, 0.15) is 30.1 Å². The number of amides is 2. The zero-order chi connectivity index (χ0) is 18.4. The van der Waals surface area contributed by atoms with Crippen molar-refractivity contribution in [3.63, 3.8) is 0 Å². The van der Waals surface area contributed by atoms with Crippen molar-refractivity contribution < 1.29 is 27.9 Å². The van der Waals surface area contributed by atoms with Crippen LogP contribution in [0.2, 0.25) is 0 Å². The highest BCUT2D eigenvalue weighted by atomic mass is 32.2. The molecule has 1 aromatic rings. The van der Waals surface area contributed by atoms with E-state index in [0.717, 1.165) is 13.2 Å². The maximum Gasteiger partial charge on any atom is 0.340 e. The molecule has 3 rings (SSSR count). The first kappa shape index (κ1) is 17.7. The molecule has 2 saturated heterocycles.